The molecule has 0 fully saturated rings. The molecule has 3 rings (SSSR count). The summed E-state index contributed by atoms with van der Waals surface area (Å²) in [6.07, 6.45) is 4.50. The molecule has 0 saturated carbocycles. The zero-order valence-corrected chi connectivity index (χ0v) is 17.4. The lowest BCUT2D eigenvalue weighted by molar-refractivity contribution is -0.130. The van der Waals surface area contributed by atoms with Crippen LogP contribution < -0.4 is 9.47 Å². The van der Waals surface area contributed by atoms with Gasteiger partial charge in [-0.2, -0.15) is 0 Å². The first-order chi connectivity index (χ1) is 14.8. The maximum Gasteiger partial charge on any atom is 0.339 e. The summed E-state index contributed by atoms with van der Waals surface area (Å²) in [6, 6.07) is 13.1. The molecule has 1 N–H and O–H groups in total. The van der Waals surface area contributed by atoms with Gasteiger partial charge in [-0.3, -0.25) is 0 Å². The number of para-hydroxylation sites is 1. The van der Waals surface area contributed by atoms with Crippen molar-refractivity contribution in [3.8, 4) is 23.3 Å². The van der Waals surface area contributed by atoms with Crippen LogP contribution in [0.25, 0.3) is 5.57 Å². The largest absolute Gasteiger partial charge is 0.503 e. The van der Waals surface area contributed by atoms with Gasteiger partial charge in [0.1, 0.15) is 27.7 Å². The molecule has 3 aromatic rings. The van der Waals surface area contributed by atoms with E-state index < -0.39 is 15.8 Å². The summed E-state index contributed by atoms with van der Waals surface area (Å²) in [4.78, 5) is 19.3. The van der Waals surface area contributed by atoms with E-state index in [1.54, 1.807) is 48.5 Å². The third-order valence-electron chi connectivity index (χ3n) is 3.92. The molecular weight excluding hydrogens is 424 g/mol. The zero-order valence-electron chi connectivity index (χ0n) is 16.6. The van der Waals surface area contributed by atoms with E-state index in [0.717, 1.165) is 24.9 Å². The fraction of sp³-hybridized carbons (Fsp3) is 0.0952. The Morgan fingerprint density at radius 2 is 1.65 bits per heavy atom. The normalized spacial score (nSPS) is 11.6. The van der Waals surface area contributed by atoms with Crippen LogP contribution in [0.15, 0.2) is 72.1 Å². The number of rotatable bonds is 8. The quantitative estimate of drug-likeness (QED) is 0.412. The molecule has 0 unspecified atom stereocenters. The molecule has 160 valence electrons. The Hall–Kier alpha value is -3.92. The Morgan fingerprint density at radius 1 is 1.00 bits per heavy atom. The summed E-state index contributed by atoms with van der Waals surface area (Å²) in [5.74, 6) is -0.142. The maximum absolute atomic E-state index is 11.6. The van der Waals surface area contributed by atoms with E-state index in [0.29, 0.717) is 22.8 Å². The van der Waals surface area contributed by atoms with Gasteiger partial charge in [-0.1, -0.05) is 24.3 Å². The number of carbonyl (C=O) groups is 1. The SMILES string of the molecule is CO/C=C(/C(=O)O)c1ccccc1Oc1cccc(Oc2ncc(S(C)(=O)=O)cn2)c1. The number of carboxylic acids is 1. The molecule has 0 saturated heterocycles. The van der Waals surface area contributed by atoms with Crippen LogP contribution in [0.1, 0.15) is 5.56 Å². The lowest BCUT2D eigenvalue weighted by Gasteiger charge is -2.12. The Kier molecular flexibility index (Phi) is 6.51. The highest BCUT2D eigenvalue weighted by Crippen LogP contribution is 2.32. The first-order valence-electron chi connectivity index (χ1n) is 8.81. The average Bonchev–Trinajstić information content (AvgIpc) is 2.72. The Labute approximate surface area is 178 Å². The van der Waals surface area contributed by atoms with Crippen molar-refractivity contribution in [2.45, 2.75) is 4.90 Å². The second kappa shape index (κ2) is 9.26. The first kappa shape index (κ1) is 21.8. The Balaban J connectivity index is 1.84. The monoisotopic (exact) mass is 442 g/mol. The highest BCUT2D eigenvalue weighted by Gasteiger charge is 2.17. The molecule has 0 aliphatic heterocycles. The number of hydrogen-bond acceptors (Lipinski definition) is 8. The van der Waals surface area contributed by atoms with Gasteiger partial charge in [-0.25, -0.2) is 23.2 Å². The molecule has 2 aromatic carbocycles. The van der Waals surface area contributed by atoms with E-state index in [1.807, 2.05) is 0 Å². The number of hydrogen-bond donors (Lipinski definition) is 1. The van der Waals surface area contributed by atoms with Gasteiger partial charge in [0.2, 0.25) is 0 Å². The van der Waals surface area contributed by atoms with Crippen molar-refractivity contribution < 1.29 is 32.5 Å². The van der Waals surface area contributed by atoms with Crippen molar-refractivity contribution in [2.75, 3.05) is 13.4 Å². The molecule has 9 nitrogen and oxygen atoms in total. The van der Waals surface area contributed by atoms with Crippen molar-refractivity contribution >= 4 is 21.4 Å². The van der Waals surface area contributed by atoms with Gasteiger partial charge >= 0.3 is 12.0 Å². The van der Waals surface area contributed by atoms with Gasteiger partial charge in [0.05, 0.1) is 25.8 Å². The van der Waals surface area contributed by atoms with E-state index in [1.165, 1.54) is 7.11 Å². The Bertz CT molecular complexity index is 1220. The lowest BCUT2D eigenvalue weighted by Crippen LogP contribution is -2.02. The fourth-order valence-electron chi connectivity index (χ4n) is 2.51. The average molecular weight is 442 g/mol. The summed E-state index contributed by atoms with van der Waals surface area (Å²) in [6.45, 7) is 0. The Morgan fingerprint density at radius 3 is 2.26 bits per heavy atom. The summed E-state index contributed by atoms with van der Waals surface area (Å²) in [5, 5.41) is 9.45. The standard InChI is InChI=1S/C21H18N2O7S/c1-28-13-18(20(24)25)17-8-3-4-9-19(17)29-14-6-5-7-15(10-14)30-21-22-11-16(12-23-21)31(2,26)27/h3-13H,1-2H3,(H,24,25)/b18-13+. The van der Waals surface area contributed by atoms with E-state index in [2.05, 4.69) is 9.97 Å². The molecule has 10 heteroatoms. The first-order valence-corrected chi connectivity index (χ1v) is 10.7. The van der Waals surface area contributed by atoms with Crippen molar-refractivity contribution in [3.63, 3.8) is 0 Å². The lowest BCUT2D eigenvalue weighted by atomic mass is 10.1. The number of aromatic nitrogens is 2. The van der Waals surface area contributed by atoms with E-state index in [-0.39, 0.29) is 16.5 Å². The number of carboxylic acid groups (broad SMARTS) is 1. The van der Waals surface area contributed by atoms with Gasteiger partial charge in [0.15, 0.2) is 9.84 Å². The second-order valence-electron chi connectivity index (χ2n) is 6.22. The molecule has 0 aliphatic rings. The third-order valence-corrected chi connectivity index (χ3v) is 4.99. The summed E-state index contributed by atoms with van der Waals surface area (Å²) in [5.41, 5.74) is 0.271. The van der Waals surface area contributed by atoms with Crippen LogP contribution in [0, 0.1) is 0 Å². The van der Waals surface area contributed by atoms with E-state index >= 15 is 0 Å². The van der Waals surface area contributed by atoms with Crippen molar-refractivity contribution in [1.82, 2.24) is 9.97 Å². The topological polar surface area (TPSA) is 125 Å². The van der Waals surface area contributed by atoms with E-state index in [9.17, 15) is 18.3 Å². The minimum absolute atomic E-state index is 0.0214. The molecule has 0 atom stereocenters. The van der Waals surface area contributed by atoms with E-state index in [4.69, 9.17) is 14.2 Å². The highest BCUT2D eigenvalue weighted by atomic mass is 32.2. The molecule has 1 aromatic heterocycles. The molecule has 0 radical (unpaired) electrons. The number of aliphatic carboxylic acids is 1. The second-order valence-corrected chi connectivity index (χ2v) is 8.24. The minimum Gasteiger partial charge on any atom is -0.503 e. The fourth-order valence-corrected chi connectivity index (χ4v) is 3.00. The number of nitrogens with zero attached hydrogens (tertiary/aromatic N) is 2. The number of benzene rings is 2. The molecule has 31 heavy (non-hydrogen) atoms. The molecule has 1 heterocycles. The molecule has 0 bridgehead atoms. The minimum atomic E-state index is -3.41. The number of methoxy groups -OCH3 is 1. The van der Waals surface area contributed by atoms with Gasteiger partial charge < -0.3 is 19.3 Å². The third kappa shape index (κ3) is 5.58. The predicted molar refractivity (Wildman–Crippen MR) is 111 cm³/mol. The van der Waals surface area contributed by atoms with Crippen LogP contribution in [0.3, 0.4) is 0 Å². The predicted octanol–water partition coefficient (Wildman–Crippen LogP) is 3.54. The molecular formula is C21H18N2O7S. The molecule has 0 amide bonds. The smallest absolute Gasteiger partial charge is 0.339 e. The number of ether oxygens (including phenoxy) is 3. The van der Waals surface area contributed by atoms with Crippen molar-refractivity contribution in [1.29, 1.82) is 0 Å². The maximum atomic E-state index is 11.6. The van der Waals surface area contributed by atoms with Crippen LogP contribution in [0.4, 0.5) is 0 Å². The van der Waals surface area contributed by atoms with Crippen LogP contribution in [-0.4, -0.2) is 42.8 Å². The van der Waals surface area contributed by atoms with Crippen LogP contribution in [0.2, 0.25) is 0 Å². The van der Waals surface area contributed by atoms with Gasteiger partial charge in [-0.05, 0) is 18.2 Å². The summed E-state index contributed by atoms with van der Waals surface area (Å²) < 4.78 is 39.3. The van der Waals surface area contributed by atoms with Gasteiger partial charge in [-0.15, -0.1) is 0 Å². The van der Waals surface area contributed by atoms with Crippen molar-refractivity contribution in [2.24, 2.45) is 0 Å². The van der Waals surface area contributed by atoms with Gasteiger partial charge in [0, 0.05) is 17.9 Å². The summed E-state index contributed by atoms with van der Waals surface area (Å²) in [7, 11) is -2.05. The van der Waals surface area contributed by atoms with Crippen LogP contribution in [0.5, 0.6) is 23.3 Å². The molecule has 0 aliphatic carbocycles. The van der Waals surface area contributed by atoms with Crippen LogP contribution in [-0.2, 0) is 19.4 Å². The van der Waals surface area contributed by atoms with Crippen molar-refractivity contribution in [3.05, 3.63) is 72.8 Å². The zero-order chi connectivity index (χ0) is 22.4. The highest BCUT2D eigenvalue weighted by molar-refractivity contribution is 7.90. The molecule has 0 spiro atoms. The summed E-state index contributed by atoms with van der Waals surface area (Å²) >= 11 is 0. The van der Waals surface area contributed by atoms with Gasteiger partial charge in [0.25, 0.3) is 0 Å². The van der Waals surface area contributed by atoms with Crippen LogP contribution >= 0.6 is 0 Å². The number of sulfone groups is 1.